The van der Waals surface area contributed by atoms with Gasteiger partial charge in [-0.2, -0.15) is 4.31 Å². The van der Waals surface area contributed by atoms with E-state index in [2.05, 4.69) is 24.6 Å². The van der Waals surface area contributed by atoms with Crippen LogP contribution in [0.5, 0.6) is 0 Å². The third-order valence-electron chi connectivity index (χ3n) is 9.42. The smallest absolute Gasteiger partial charge is 0.269 e. The second-order valence-electron chi connectivity index (χ2n) is 14.4. The molecule has 0 N–H and O–H groups in total. The van der Waals surface area contributed by atoms with Crippen molar-refractivity contribution in [3.05, 3.63) is 99.7 Å². The highest BCUT2D eigenvalue weighted by atomic mass is 32.2. The van der Waals surface area contributed by atoms with Crippen molar-refractivity contribution in [2.45, 2.75) is 101 Å². The summed E-state index contributed by atoms with van der Waals surface area (Å²) in [6.07, 6.45) is 5.94. The molecule has 0 unspecified atom stereocenters. The number of sulfonamides is 1. The Morgan fingerprint density at radius 3 is 2.46 bits per heavy atom. The zero-order valence-electron chi connectivity index (χ0n) is 27.3. The van der Waals surface area contributed by atoms with E-state index in [4.69, 9.17) is 9.47 Å². The van der Waals surface area contributed by atoms with Crippen LogP contribution < -0.4 is 5.56 Å². The van der Waals surface area contributed by atoms with E-state index in [0.717, 1.165) is 12.1 Å². The van der Waals surface area contributed by atoms with Gasteiger partial charge in [0.1, 0.15) is 23.7 Å². The molecule has 46 heavy (non-hydrogen) atoms. The van der Waals surface area contributed by atoms with E-state index < -0.39 is 46.0 Å². The van der Waals surface area contributed by atoms with Crippen molar-refractivity contribution in [1.29, 1.82) is 0 Å². The van der Waals surface area contributed by atoms with Crippen LogP contribution in [0.25, 0.3) is 0 Å². The standard InChI is InChI=1S/C34H45F2N3O5SSi/c1-25-11-12-31(26-9-7-6-8-10-26)45(41,42)39(25)20-27-17-30(36)28(18-29(27)35)34(23-38-14-13-37-19-32(38)40)21-33(2,22-34)44-24-43-15-16-46(3,4)5/h6-10,13-14,17-19,25,31H,11-12,15-16,20-24H2,1-5H3/t25-,31+,33?,34?/m0/s1. The average molecular weight is 674 g/mol. The second-order valence-corrected chi connectivity index (χ2v) is 22.1. The summed E-state index contributed by atoms with van der Waals surface area (Å²) in [5.74, 6) is -1.33. The third kappa shape index (κ3) is 7.51. The Bertz CT molecular complexity index is 1690. The first-order valence-electron chi connectivity index (χ1n) is 15.9. The number of halogens is 2. The molecular weight excluding hydrogens is 629 g/mol. The molecule has 1 saturated heterocycles. The highest BCUT2D eigenvalue weighted by molar-refractivity contribution is 7.89. The van der Waals surface area contributed by atoms with Crippen LogP contribution >= 0.6 is 0 Å². The van der Waals surface area contributed by atoms with Gasteiger partial charge in [-0.1, -0.05) is 50.0 Å². The Balaban J connectivity index is 1.39. The lowest BCUT2D eigenvalue weighted by Gasteiger charge is -2.54. The zero-order valence-corrected chi connectivity index (χ0v) is 29.2. The summed E-state index contributed by atoms with van der Waals surface area (Å²) in [4.78, 5) is 16.5. The summed E-state index contributed by atoms with van der Waals surface area (Å²) in [5, 5.41) is -0.744. The fraction of sp³-hybridized carbons (Fsp3) is 0.529. The topological polar surface area (TPSA) is 90.7 Å². The summed E-state index contributed by atoms with van der Waals surface area (Å²) in [7, 11) is -5.09. The maximum Gasteiger partial charge on any atom is 0.269 e. The van der Waals surface area contributed by atoms with Gasteiger partial charge in [0.25, 0.3) is 5.56 Å². The fourth-order valence-electron chi connectivity index (χ4n) is 6.96. The predicted octanol–water partition coefficient (Wildman–Crippen LogP) is 6.40. The van der Waals surface area contributed by atoms with Gasteiger partial charge in [0.15, 0.2) is 0 Å². The summed E-state index contributed by atoms with van der Waals surface area (Å²) in [5.41, 5.74) is -1.16. The Labute approximate surface area is 271 Å². The lowest BCUT2D eigenvalue weighted by atomic mass is 9.56. The van der Waals surface area contributed by atoms with Crippen molar-refractivity contribution in [1.82, 2.24) is 13.9 Å². The lowest BCUT2D eigenvalue weighted by molar-refractivity contribution is -0.191. The number of nitrogens with zero attached hydrogens (tertiary/aromatic N) is 3. The molecule has 250 valence electrons. The number of hydrogen-bond acceptors (Lipinski definition) is 6. The number of ether oxygens (including phenoxy) is 2. The van der Waals surface area contributed by atoms with Gasteiger partial charge in [-0.3, -0.25) is 9.78 Å². The molecule has 1 aliphatic carbocycles. The van der Waals surface area contributed by atoms with E-state index in [9.17, 15) is 13.2 Å². The van der Waals surface area contributed by atoms with Gasteiger partial charge in [-0.25, -0.2) is 17.2 Å². The molecule has 8 nitrogen and oxygen atoms in total. The molecule has 0 amide bonds. The lowest BCUT2D eigenvalue weighted by Crippen LogP contribution is -2.57. The number of hydrogen-bond donors (Lipinski definition) is 0. The number of benzene rings is 2. The van der Waals surface area contributed by atoms with Crippen LogP contribution in [0.4, 0.5) is 8.78 Å². The van der Waals surface area contributed by atoms with Crippen LogP contribution in [0, 0.1) is 11.6 Å². The van der Waals surface area contributed by atoms with Crippen molar-refractivity contribution in [2.24, 2.45) is 0 Å². The first kappa shape index (κ1) is 34.6. The van der Waals surface area contributed by atoms with Gasteiger partial charge in [-0.15, -0.1) is 0 Å². The van der Waals surface area contributed by atoms with Crippen LogP contribution in [0.3, 0.4) is 0 Å². The molecule has 1 aromatic heterocycles. The van der Waals surface area contributed by atoms with Gasteiger partial charge in [-0.05, 0) is 68.8 Å². The highest BCUT2D eigenvalue weighted by Crippen LogP contribution is 2.54. The van der Waals surface area contributed by atoms with Crippen molar-refractivity contribution < 1.29 is 26.7 Å². The van der Waals surface area contributed by atoms with Crippen LogP contribution in [-0.2, 0) is 38.0 Å². The van der Waals surface area contributed by atoms with Crippen molar-refractivity contribution in [3.8, 4) is 0 Å². The van der Waals surface area contributed by atoms with Crippen molar-refractivity contribution in [2.75, 3.05) is 13.4 Å². The maximum atomic E-state index is 16.2. The van der Waals surface area contributed by atoms with Crippen molar-refractivity contribution in [3.63, 3.8) is 0 Å². The van der Waals surface area contributed by atoms with Gasteiger partial charge in [0.05, 0.1) is 11.8 Å². The minimum absolute atomic E-state index is 0.0317. The van der Waals surface area contributed by atoms with Gasteiger partial charge in [0.2, 0.25) is 10.0 Å². The summed E-state index contributed by atoms with van der Waals surface area (Å²) in [6.45, 7) is 11.0. The Morgan fingerprint density at radius 2 is 1.78 bits per heavy atom. The fourth-order valence-corrected chi connectivity index (χ4v) is 9.90. The zero-order chi connectivity index (χ0) is 33.3. The van der Waals surface area contributed by atoms with E-state index in [1.165, 1.54) is 33.5 Å². The van der Waals surface area contributed by atoms with Crippen LogP contribution in [0.15, 0.2) is 65.8 Å². The van der Waals surface area contributed by atoms with E-state index >= 15 is 8.78 Å². The molecule has 1 saturated carbocycles. The molecule has 0 bridgehead atoms. The van der Waals surface area contributed by atoms with Gasteiger partial charge < -0.3 is 14.0 Å². The van der Waals surface area contributed by atoms with Gasteiger partial charge >= 0.3 is 0 Å². The number of aromatic nitrogens is 2. The summed E-state index contributed by atoms with van der Waals surface area (Å²) in [6, 6.07) is 11.9. The largest absolute Gasteiger partial charge is 0.356 e. The van der Waals surface area contributed by atoms with Crippen molar-refractivity contribution >= 4 is 18.1 Å². The average Bonchev–Trinajstić information content (AvgIpc) is 2.96. The maximum absolute atomic E-state index is 16.2. The first-order valence-corrected chi connectivity index (χ1v) is 21.1. The summed E-state index contributed by atoms with van der Waals surface area (Å²) >= 11 is 0. The molecule has 0 radical (unpaired) electrons. The quantitative estimate of drug-likeness (QED) is 0.126. The minimum atomic E-state index is -3.83. The summed E-state index contributed by atoms with van der Waals surface area (Å²) < 4.78 is 74.2. The van der Waals surface area contributed by atoms with E-state index in [1.807, 2.05) is 13.0 Å². The molecule has 2 fully saturated rings. The Hall–Kier alpha value is -2.77. The molecule has 2 aromatic carbocycles. The van der Waals surface area contributed by atoms with Crippen LogP contribution in [0.1, 0.15) is 61.5 Å². The molecule has 1 aliphatic heterocycles. The predicted molar refractivity (Wildman–Crippen MR) is 177 cm³/mol. The SMILES string of the molecule is C[C@H]1CC[C@H](c2ccccc2)S(=O)(=O)N1Cc1cc(F)c(C2(Cn3ccncc3=O)CC(C)(OCOCC[Si](C)(C)C)C2)cc1F. The highest BCUT2D eigenvalue weighted by Gasteiger charge is 2.55. The molecule has 12 heteroatoms. The third-order valence-corrected chi connectivity index (χ3v) is 13.5. The van der Waals surface area contributed by atoms with E-state index in [1.54, 1.807) is 31.2 Å². The van der Waals surface area contributed by atoms with Gasteiger partial charge in [0, 0.05) is 57.2 Å². The molecule has 3 aromatic rings. The Kier molecular flexibility index (Phi) is 10.1. The molecule has 2 heterocycles. The first-order chi connectivity index (χ1) is 21.6. The van der Waals surface area contributed by atoms with E-state index in [-0.39, 0.29) is 42.6 Å². The monoisotopic (exact) mass is 673 g/mol. The molecule has 5 rings (SSSR count). The Morgan fingerprint density at radius 1 is 1.07 bits per heavy atom. The van der Waals surface area contributed by atoms with Crippen LogP contribution in [-0.4, -0.2) is 55.4 Å². The number of rotatable bonds is 12. The normalized spacial score (nSPS) is 26.5. The van der Waals surface area contributed by atoms with E-state index in [0.29, 0.717) is 37.9 Å². The molecule has 0 spiro atoms. The molecular formula is C34H45F2N3O5SSi. The second kappa shape index (κ2) is 13.4. The molecule has 2 aliphatic rings. The van der Waals surface area contributed by atoms with Crippen LogP contribution in [0.2, 0.25) is 25.7 Å². The minimum Gasteiger partial charge on any atom is -0.356 e. The molecule has 2 atom stereocenters.